The summed E-state index contributed by atoms with van der Waals surface area (Å²) in [5.41, 5.74) is 1.07. The van der Waals surface area contributed by atoms with Crippen molar-refractivity contribution in [2.24, 2.45) is 13.0 Å². The third kappa shape index (κ3) is 3.82. The fraction of sp³-hybridized carbons (Fsp3) is 0.278. The third-order valence-electron chi connectivity index (χ3n) is 4.23. The first-order valence-electron chi connectivity index (χ1n) is 8.28. The molecule has 0 saturated heterocycles. The van der Waals surface area contributed by atoms with E-state index in [1.54, 1.807) is 23.9 Å². The van der Waals surface area contributed by atoms with Crippen molar-refractivity contribution in [3.63, 3.8) is 0 Å². The van der Waals surface area contributed by atoms with Gasteiger partial charge in [-0.3, -0.25) is 9.57 Å². The van der Waals surface area contributed by atoms with Crippen molar-refractivity contribution in [2.45, 2.75) is 24.8 Å². The standard InChI is InChI=1S/C18H19FN6OS/c1-10(2)14-5-4-13-15(27(21)24-14)9-25(3)17(13)18(26)23-11-6-12(8-20)22-16(19)7-11/h4-7,9-10,14H,1-3H3,(H2,21,24)(H,22,23,26). The van der Waals surface area contributed by atoms with Gasteiger partial charge < -0.3 is 9.88 Å². The van der Waals surface area contributed by atoms with Crippen molar-refractivity contribution in [1.82, 2.24) is 14.3 Å². The molecule has 140 valence electrons. The molecule has 0 spiro atoms. The van der Waals surface area contributed by atoms with Crippen molar-refractivity contribution >= 4 is 28.5 Å². The summed E-state index contributed by atoms with van der Waals surface area (Å²) in [6, 6.07) is 4.16. The molecule has 0 fully saturated rings. The van der Waals surface area contributed by atoms with E-state index in [2.05, 4.69) is 28.9 Å². The number of nitriles is 1. The second-order valence-corrected chi connectivity index (χ2v) is 7.84. The molecule has 7 nitrogen and oxygen atoms in total. The summed E-state index contributed by atoms with van der Waals surface area (Å²) < 4.78 is 26.8. The second-order valence-electron chi connectivity index (χ2n) is 6.55. The lowest BCUT2D eigenvalue weighted by Gasteiger charge is -2.17. The van der Waals surface area contributed by atoms with Gasteiger partial charge in [-0.1, -0.05) is 26.0 Å². The number of rotatable bonds is 3. The zero-order chi connectivity index (χ0) is 19.7. The van der Waals surface area contributed by atoms with Gasteiger partial charge in [-0.25, -0.2) is 9.71 Å². The van der Waals surface area contributed by atoms with Crippen LogP contribution in [-0.4, -0.2) is 21.5 Å². The van der Waals surface area contributed by atoms with Gasteiger partial charge in [0.25, 0.3) is 5.91 Å². The van der Waals surface area contributed by atoms with Gasteiger partial charge >= 0.3 is 0 Å². The van der Waals surface area contributed by atoms with Gasteiger partial charge in [0.2, 0.25) is 5.95 Å². The first-order valence-corrected chi connectivity index (χ1v) is 9.51. The Balaban J connectivity index is 1.98. The molecule has 2 aromatic heterocycles. The summed E-state index contributed by atoms with van der Waals surface area (Å²) in [6.07, 6.45) is 5.58. The van der Waals surface area contributed by atoms with Crippen LogP contribution in [0.3, 0.4) is 0 Å². The van der Waals surface area contributed by atoms with Crippen LogP contribution in [0, 0.1) is 28.0 Å². The molecule has 9 heteroatoms. The number of nitrogens with one attached hydrogen (secondary N) is 3. The number of carbonyl (C=O) groups is 1. The van der Waals surface area contributed by atoms with Crippen molar-refractivity contribution in [3.05, 3.63) is 47.3 Å². The zero-order valence-electron chi connectivity index (χ0n) is 15.1. The predicted octanol–water partition coefficient (Wildman–Crippen LogP) is 2.98. The first kappa shape index (κ1) is 18.9. The van der Waals surface area contributed by atoms with E-state index < -0.39 is 22.7 Å². The fourth-order valence-corrected chi connectivity index (χ4v) is 4.23. The molecule has 2 atom stereocenters. The van der Waals surface area contributed by atoms with E-state index in [9.17, 15) is 9.18 Å². The van der Waals surface area contributed by atoms with Crippen molar-refractivity contribution in [3.8, 4) is 6.07 Å². The number of aromatic nitrogens is 2. The smallest absolute Gasteiger partial charge is 0.272 e. The lowest BCUT2D eigenvalue weighted by molar-refractivity contribution is 0.101. The number of pyridine rings is 1. The van der Waals surface area contributed by atoms with Crippen LogP contribution in [0.25, 0.3) is 6.08 Å². The number of hydrogen-bond acceptors (Lipinski definition) is 4. The molecular formula is C18H19FN6OS. The highest BCUT2D eigenvalue weighted by Gasteiger charge is 2.25. The highest BCUT2D eigenvalue weighted by molar-refractivity contribution is 7.84. The molecule has 27 heavy (non-hydrogen) atoms. The zero-order valence-corrected chi connectivity index (χ0v) is 15.9. The Morgan fingerprint density at radius 1 is 1.52 bits per heavy atom. The van der Waals surface area contributed by atoms with E-state index in [4.69, 9.17) is 10.0 Å². The minimum atomic E-state index is -0.971. The molecule has 0 radical (unpaired) electrons. The molecule has 2 aromatic rings. The number of aryl methyl sites for hydroxylation is 1. The normalized spacial score (nSPS) is 18.7. The van der Waals surface area contributed by atoms with Crippen LogP contribution in [0.5, 0.6) is 0 Å². The maximum Gasteiger partial charge on any atom is 0.272 e. The Morgan fingerprint density at radius 3 is 2.93 bits per heavy atom. The van der Waals surface area contributed by atoms with Crippen LogP contribution in [-0.2, 0) is 17.9 Å². The molecule has 0 bridgehead atoms. The molecule has 3 N–H and O–H groups in total. The van der Waals surface area contributed by atoms with Crippen LogP contribution in [0.4, 0.5) is 10.1 Å². The molecule has 1 aliphatic rings. The Hall–Kier alpha value is -2.83. The second kappa shape index (κ2) is 7.42. The lowest BCUT2D eigenvalue weighted by atomic mass is 10.0. The summed E-state index contributed by atoms with van der Waals surface area (Å²) in [5, 5.41) is 11.5. The average Bonchev–Trinajstić information content (AvgIpc) is 2.85. The highest BCUT2D eigenvalue weighted by atomic mass is 32.2. The van der Waals surface area contributed by atoms with Crippen LogP contribution in [0.2, 0.25) is 0 Å². The Morgan fingerprint density at radius 2 is 2.26 bits per heavy atom. The predicted molar refractivity (Wildman–Crippen MR) is 101 cm³/mol. The minimum Gasteiger partial charge on any atom is -0.345 e. The van der Waals surface area contributed by atoms with E-state index in [1.807, 2.05) is 12.2 Å². The van der Waals surface area contributed by atoms with E-state index in [-0.39, 0.29) is 17.4 Å². The fourth-order valence-electron chi connectivity index (χ4n) is 2.84. The molecule has 0 saturated carbocycles. The van der Waals surface area contributed by atoms with Crippen molar-refractivity contribution < 1.29 is 9.18 Å². The van der Waals surface area contributed by atoms with E-state index in [0.29, 0.717) is 17.2 Å². The van der Waals surface area contributed by atoms with Crippen LogP contribution in [0.15, 0.2) is 29.3 Å². The number of halogens is 1. The van der Waals surface area contributed by atoms with Gasteiger partial charge in [0.05, 0.1) is 4.90 Å². The van der Waals surface area contributed by atoms with Crippen LogP contribution < -0.4 is 10.0 Å². The number of amides is 1. The van der Waals surface area contributed by atoms with Gasteiger partial charge in [-0.2, -0.15) is 9.65 Å². The summed E-state index contributed by atoms with van der Waals surface area (Å²) in [7, 11) is 0.754. The number of nitrogens with zero attached hydrogens (tertiary/aromatic N) is 3. The molecule has 0 aromatic carbocycles. The topological polar surface area (TPSA) is 107 Å². The Bertz CT molecular complexity index is 1000. The molecular weight excluding hydrogens is 367 g/mol. The average molecular weight is 386 g/mol. The number of anilines is 1. The van der Waals surface area contributed by atoms with Gasteiger partial charge in [0.1, 0.15) is 17.5 Å². The maximum atomic E-state index is 13.5. The molecule has 1 aliphatic heterocycles. The van der Waals surface area contributed by atoms with Crippen molar-refractivity contribution in [1.29, 1.82) is 10.0 Å². The highest BCUT2D eigenvalue weighted by Crippen LogP contribution is 2.26. The largest absolute Gasteiger partial charge is 0.345 e. The SMILES string of the molecule is CC(C)C1C=Cc2c(cn(C)c2C(=O)Nc2cc(F)nc(C#N)c2)S(=N)N1. The third-order valence-corrected chi connectivity index (χ3v) is 5.50. The van der Waals surface area contributed by atoms with E-state index in [1.165, 1.54) is 6.07 Å². The maximum absolute atomic E-state index is 13.5. The van der Waals surface area contributed by atoms with Gasteiger partial charge in [-0.15, -0.1) is 0 Å². The minimum absolute atomic E-state index is 0.0342. The summed E-state index contributed by atoms with van der Waals surface area (Å²) in [4.78, 5) is 17.0. The number of hydrogen-bond donors (Lipinski definition) is 3. The number of carbonyl (C=O) groups excluding carboxylic acids is 1. The monoisotopic (exact) mass is 386 g/mol. The molecule has 0 aliphatic carbocycles. The van der Waals surface area contributed by atoms with Crippen LogP contribution >= 0.6 is 0 Å². The van der Waals surface area contributed by atoms with Crippen LogP contribution in [0.1, 0.15) is 35.6 Å². The summed E-state index contributed by atoms with van der Waals surface area (Å²) in [5.74, 6) is -0.981. The molecule has 2 unspecified atom stereocenters. The number of fused-ring (bicyclic) bond motifs is 1. The van der Waals surface area contributed by atoms with E-state index >= 15 is 0 Å². The van der Waals surface area contributed by atoms with Gasteiger partial charge in [0, 0.05) is 36.6 Å². The van der Waals surface area contributed by atoms with Crippen molar-refractivity contribution in [2.75, 3.05) is 5.32 Å². The quantitative estimate of drug-likeness (QED) is 0.705. The molecule has 1 amide bonds. The first-order chi connectivity index (χ1) is 12.8. The summed E-state index contributed by atoms with van der Waals surface area (Å²) in [6.45, 7) is 4.13. The van der Waals surface area contributed by atoms with Gasteiger partial charge in [0.15, 0.2) is 0 Å². The summed E-state index contributed by atoms with van der Waals surface area (Å²) >= 11 is 0. The van der Waals surface area contributed by atoms with Gasteiger partial charge in [-0.05, 0) is 22.9 Å². The Labute approximate surface area is 158 Å². The molecule has 3 heterocycles. The lowest BCUT2D eigenvalue weighted by Crippen LogP contribution is -2.32. The Kier molecular flexibility index (Phi) is 5.21. The molecule has 3 rings (SSSR count). The van der Waals surface area contributed by atoms with E-state index in [0.717, 1.165) is 11.0 Å².